The highest BCUT2D eigenvalue weighted by atomic mass is 79.9. The van der Waals surface area contributed by atoms with E-state index in [1.165, 1.54) is 17.0 Å². The molecular formula is C31H25Br2ClNO+. The normalized spacial score (nSPS) is 17.8. The Morgan fingerprint density at radius 2 is 1.50 bits per heavy atom. The van der Waals surface area contributed by atoms with Crippen LogP contribution in [0.4, 0.5) is 5.69 Å². The molecule has 2 heterocycles. The van der Waals surface area contributed by atoms with Gasteiger partial charge in [-0.05, 0) is 79.6 Å². The summed E-state index contributed by atoms with van der Waals surface area (Å²) in [5, 5.41) is 0.760. The van der Waals surface area contributed by atoms with Crippen molar-refractivity contribution in [1.82, 2.24) is 0 Å². The van der Waals surface area contributed by atoms with Crippen molar-refractivity contribution in [2.24, 2.45) is 0 Å². The highest BCUT2D eigenvalue weighted by Gasteiger charge is 2.42. The molecule has 0 saturated carbocycles. The van der Waals surface area contributed by atoms with Crippen molar-refractivity contribution in [3.05, 3.63) is 134 Å². The minimum Gasteiger partial charge on any atom is -0.457 e. The predicted molar refractivity (Wildman–Crippen MR) is 158 cm³/mol. The summed E-state index contributed by atoms with van der Waals surface area (Å²) < 4.78 is 10.7. The average molecular weight is 623 g/mol. The van der Waals surface area contributed by atoms with E-state index in [0.717, 1.165) is 42.2 Å². The molecule has 0 saturated heterocycles. The lowest BCUT2D eigenvalue weighted by molar-refractivity contribution is -0.401. The van der Waals surface area contributed by atoms with Crippen LogP contribution in [0.3, 0.4) is 0 Å². The second-order valence-corrected chi connectivity index (χ2v) is 11.7. The zero-order valence-corrected chi connectivity index (χ0v) is 24.2. The number of allylic oxidation sites excluding steroid dienone is 6. The standard InChI is InChI=1S/C31H25Br2ClNO/c1-31(2)27-19-25(34)15-16-28(27)35(3)30(31)6-4-5-26-17-22(20-7-11-23(32)12-8-20)18-29(36-26)21-9-13-24(33)14-10-21/h4-19H,1-3H3/q+1/b6-4+,26-5+. The fourth-order valence-corrected chi connectivity index (χ4v) is 5.41. The molecule has 0 N–H and O–H groups in total. The lowest BCUT2D eigenvalue weighted by Gasteiger charge is -2.18. The van der Waals surface area contributed by atoms with Gasteiger partial charge >= 0.3 is 0 Å². The summed E-state index contributed by atoms with van der Waals surface area (Å²) in [7, 11) is 2.10. The summed E-state index contributed by atoms with van der Waals surface area (Å²) in [5.74, 6) is 1.60. The van der Waals surface area contributed by atoms with Crippen LogP contribution in [-0.4, -0.2) is 17.3 Å². The monoisotopic (exact) mass is 620 g/mol. The maximum atomic E-state index is 6.34. The molecule has 0 aliphatic carbocycles. The maximum Gasteiger partial charge on any atom is 0.209 e. The molecule has 5 heteroatoms. The fourth-order valence-electron chi connectivity index (χ4n) is 4.71. The van der Waals surface area contributed by atoms with Gasteiger partial charge in [0.2, 0.25) is 5.69 Å². The van der Waals surface area contributed by atoms with Crippen LogP contribution >= 0.6 is 43.5 Å². The molecule has 3 aromatic rings. The van der Waals surface area contributed by atoms with Crippen molar-refractivity contribution in [1.29, 1.82) is 0 Å². The second-order valence-electron chi connectivity index (χ2n) is 9.38. The van der Waals surface area contributed by atoms with Crippen molar-refractivity contribution in [3.63, 3.8) is 0 Å². The van der Waals surface area contributed by atoms with E-state index < -0.39 is 0 Å². The minimum atomic E-state index is -0.154. The highest BCUT2D eigenvalue weighted by molar-refractivity contribution is 9.10. The Kier molecular flexibility index (Phi) is 6.95. The van der Waals surface area contributed by atoms with E-state index in [0.29, 0.717) is 0 Å². The van der Waals surface area contributed by atoms with E-state index in [2.05, 4.69) is 130 Å². The van der Waals surface area contributed by atoms with Crippen LogP contribution in [0.15, 0.2) is 112 Å². The van der Waals surface area contributed by atoms with Gasteiger partial charge in [0.15, 0.2) is 5.71 Å². The van der Waals surface area contributed by atoms with Gasteiger partial charge in [-0.15, -0.1) is 0 Å². The molecule has 180 valence electrons. The highest BCUT2D eigenvalue weighted by Crippen LogP contribution is 2.40. The van der Waals surface area contributed by atoms with Gasteiger partial charge in [0, 0.05) is 37.2 Å². The van der Waals surface area contributed by atoms with Crippen LogP contribution in [0.2, 0.25) is 5.02 Å². The summed E-state index contributed by atoms with van der Waals surface area (Å²) in [4.78, 5) is 0. The lowest BCUT2D eigenvalue weighted by atomic mass is 9.81. The Morgan fingerprint density at radius 1 is 0.861 bits per heavy atom. The number of hydrogen-bond donors (Lipinski definition) is 0. The van der Waals surface area contributed by atoms with Gasteiger partial charge in [-0.1, -0.05) is 73.8 Å². The van der Waals surface area contributed by atoms with Crippen LogP contribution in [0.25, 0.3) is 11.3 Å². The Labute approximate surface area is 234 Å². The molecule has 5 rings (SSSR count). The van der Waals surface area contributed by atoms with Crippen molar-refractivity contribution in [3.8, 4) is 0 Å². The van der Waals surface area contributed by atoms with Gasteiger partial charge in [-0.25, -0.2) is 0 Å². The van der Waals surface area contributed by atoms with Gasteiger partial charge in [0.25, 0.3) is 0 Å². The fraction of sp³-hybridized carbons (Fsp3) is 0.129. The molecular weight excluding hydrogens is 598 g/mol. The first-order chi connectivity index (χ1) is 17.2. The summed E-state index contributed by atoms with van der Waals surface area (Å²) in [6.45, 7) is 4.46. The Morgan fingerprint density at radius 3 is 2.17 bits per heavy atom. The number of benzene rings is 3. The number of nitrogens with zero attached hydrogens (tertiary/aromatic N) is 1. The van der Waals surface area contributed by atoms with Gasteiger partial charge in [0.05, 0.1) is 5.41 Å². The third-order valence-corrected chi connectivity index (χ3v) is 7.92. The number of halogens is 3. The van der Waals surface area contributed by atoms with Crippen LogP contribution in [0.1, 0.15) is 30.5 Å². The molecule has 2 nitrogen and oxygen atoms in total. The molecule has 0 atom stereocenters. The SMILES string of the molecule is C[N+]1=C(/C=C/C=C2\C=C(c3ccc(Br)cc3)C=C(c3ccc(Br)cc3)O2)C(C)(C)c2cc(Cl)ccc21. The number of rotatable bonds is 4. The molecule has 3 aromatic carbocycles. The van der Waals surface area contributed by atoms with Crippen molar-refractivity contribution in [2.45, 2.75) is 19.3 Å². The van der Waals surface area contributed by atoms with Crippen molar-refractivity contribution >= 4 is 66.2 Å². The molecule has 0 radical (unpaired) electrons. The molecule has 0 unspecified atom stereocenters. The van der Waals surface area contributed by atoms with Crippen LogP contribution < -0.4 is 0 Å². The lowest BCUT2D eigenvalue weighted by Crippen LogP contribution is -2.26. The van der Waals surface area contributed by atoms with Crippen LogP contribution in [0, 0.1) is 0 Å². The Balaban J connectivity index is 1.50. The third kappa shape index (κ3) is 4.95. The molecule has 0 fully saturated rings. The number of hydrogen-bond acceptors (Lipinski definition) is 1. The maximum absolute atomic E-state index is 6.34. The molecule has 0 amide bonds. The van der Waals surface area contributed by atoms with Gasteiger partial charge in [-0.3, -0.25) is 0 Å². The van der Waals surface area contributed by atoms with Crippen LogP contribution in [-0.2, 0) is 10.2 Å². The number of fused-ring (bicyclic) bond motifs is 1. The summed E-state index contributed by atoms with van der Waals surface area (Å²) in [5.41, 5.74) is 6.71. The Hall–Kier alpha value is -2.66. The van der Waals surface area contributed by atoms with E-state index in [9.17, 15) is 0 Å². The van der Waals surface area contributed by atoms with Gasteiger partial charge in [0.1, 0.15) is 18.6 Å². The summed E-state index contributed by atoms with van der Waals surface area (Å²) in [6.07, 6.45) is 10.4. The molecule has 2 aliphatic heterocycles. The van der Waals surface area contributed by atoms with E-state index in [4.69, 9.17) is 16.3 Å². The summed E-state index contributed by atoms with van der Waals surface area (Å²) >= 11 is 13.4. The number of ether oxygens (including phenoxy) is 1. The predicted octanol–water partition coefficient (Wildman–Crippen LogP) is 9.47. The van der Waals surface area contributed by atoms with Gasteiger partial charge < -0.3 is 4.74 Å². The minimum absolute atomic E-state index is 0.154. The van der Waals surface area contributed by atoms with E-state index in [1.807, 2.05) is 24.3 Å². The van der Waals surface area contributed by atoms with E-state index in [-0.39, 0.29) is 5.41 Å². The quantitative estimate of drug-likeness (QED) is 0.264. The van der Waals surface area contributed by atoms with Crippen LogP contribution in [0.5, 0.6) is 0 Å². The molecule has 2 aliphatic rings. The molecule has 0 spiro atoms. The third-order valence-electron chi connectivity index (χ3n) is 6.63. The molecule has 36 heavy (non-hydrogen) atoms. The molecule has 0 bridgehead atoms. The Bertz CT molecular complexity index is 1490. The van der Waals surface area contributed by atoms with E-state index >= 15 is 0 Å². The van der Waals surface area contributed by atoms with Crippen molar-refractivity contribution < 1.29 is 9.31 Å². The summed E-state index contributed by atoms with van der Waals surface area (Å²) in [6, 6.07) is 22.6. The topological polar surface area (TPSA) is 12.2 Å². The first-order valence-electron chi connectivity index (χ1n) is 11.6. The second kappa shape index (κ2) is 10.0. The zero-order valence-electron chi connectivity index (χ0n) is 20.2. The smallest absolute Gasteiger partial charge is 0.209 e. The largest absolute Gasteiger partial charge is 0.457 e. The van der Waals surface area contributed by atoms with Gasteiger partial charge in [-0.2, -0.15) is 4.58 Å². The zero-order chi connectivity index (χ0) is 25.4. The van der Waals surface area contributed by atoms with E-state index in [1.54, 1.807) is 0 Å². The average Bonchev–Trinajstić information content (AvgIpc) is 3.04. The van der Waals surface area contributed by atoms with Crippen molar-refractivity contribution in [2.75, 3.05) is 7.05 Å². The first kappa shape index (κ1) is 25.0. The first-order valence-corrected chi connectivity index (χ1v) is 13.6. The molecule has 0 aromatic heterocycles.